The lowest BCUT2D eigenvalue weighted by atomic mass is 10.1. The van der Waals surface area contributed by atoms with E-state index in [-0.39, 0.29) is 0 Å². The Bertz CT molecular complexity index is 263. The molecule has 4 nitrogen and oxygen atoms in total. The summed E-state index contributed by atoms with van der Waals surface area (Å²) in [6.45, 7) is 8.73. The molecule has 0 aliphatic carbocycles. The molecule has 0 saturated carbocycles. The minimum absolute atomic E-state index is 0.334. The fourth-order valence-electron chi connectivity index (χ4n) is 1.83. The fourth-order valence-corrected chi connectivity index (χ4v) is 3.11. The van der Waals surface area contributed by atoms with E-state index >= 15 is 0 Å². The van der Waals surface area contributed by atoms with E-state index in [9.17, 15) is 8.42 Å². The fraction of sp³-hybridized carbons (Fsp3) is 1.00. The van der Waals surface area contributed by atoms with Gasteiger partial charge in [-0.1, -0.05) is 13.8 Å². The highest BCUT2D eigenvalue weighted by molar-refractivity contribution is 7.91. The molecular formula is C10H22N2O2S. The van der Waals surface area contributed by atoms with Gasteiger partial charge in [0, 0.05) is 19.6 Å². The third kappa shape index (κ3) is 4.95. The van der Waals surface area contributed by atoms with Crippen molar-refractivity contribution in [2.24, 2.45) is 5.92 Å². The SMILES string of the molecule is CCNCC(C)CN1CCS(=O)(=O)CC1. The molecule has 1 heterocycles. The molecule has 0 bridgehead atoms. The van der Waals surface area contributed by atoms with E-state index in [2.05, 4.69) is 24.1 Å². The van der Waals surface area contributed by atoms with Crippen LogP contribution in [0.15, 0.2) is 0 Å². The summed E-state index contributed by atoms with van der Waals surface area (Å²) >= 11 is 0. The van der Waals surface area contributed by atoms with Crippen molar-refractivity contribution in [3.05, 3.63) is 0 Å². The van der Waals surface area contributed by atoms with Gasteiger partial charge in [0.05, 0.1) is 11.5 Å². The Morgan fingerprint density at radius 2 is 1.93 bits per heavy atom. The van der Waals surface area contributed by atoms with Crippen molar-refractivity contribution in [3.8, 4) is 0 Å². The average Bonchev–Trinajstić information content (AvgIpc) is 2.18. The predicted octanol–water partition coefficient (Wildman–Crippen LogP) is -0.0376. The van der Waals surface area contributed by atoms with Gasteiger partial charge in [0.15, 0.2) is 9.84 Å². The number of hydrogen-bond acceptors (Lipinski definition) is 4. The molecule has 1 N–H and O–H groups in total. The Morgan fingerprint density at radius 3 is 2.47 bits per heavy atom. The van der Waals surface area contributed by atoms with E-state index in [0.29, 0.717) is 30.5 Å². The summed E-state index contributed by atoms with van der Waals surface area (Å²) in [7, 11) is -2.73. The maximum Gasteiger partial charge on any atom is 0.152 e. The number of nitrogens with zero attached hydrogens (tertiary/aromatic N) is 1. The van der Waals surface area contributed by atoms with Gasteiger partial charge >= 0.3 is 0 Å². The van der Waals surface area contributed by atoms with Crippen LogP contribution >= 0.6 is 0 Å². The topological polar surface area (TPSA) is 49.4 Å². The van der Waals surface area contributed by atoms with Crippen molar-refractivity contribution in [1.82, 2.24) is 10.2 Å². The molecule has 0 radical (unpaired) electrons. The molecule has 1 atom stereocenters. The van der Waals surface area contributed by atoms with Crippen LogP contribution in [-0.4, -0.2) is 57.5 Å². The van der Waals surface area contributed by atoms with Crippen molar-refractivity contribution in [3.63, 3.8) is 0 Å². The zero-order valence-electron chi connectivity index (χ0n) is 9.70. The van der Waals surface area contributed by atoms with Gasteiger partial charge in [-0.05, 0) is 19.0 Å². The van der Waals surface area contributed by atoms with E-state index in [1.807, 2.05) is 0 Å². The highest BCUT2D eigenvalue weighted by atomic mass is 32.2. The van der Waals surface area contributed by atoms with Crippen LogP contribution in [0.1, 0.15) is 13.8 Å². The van der Waals surface area contributed by atoms with Crippen LogP contribution in [0.4, 0.5) is 0 Å². The molecule has 0 amide bonds. The molecule has 1 saturated heterocycles. The first-order valence-electron chi connectivity index (χ1n) is 5.67. The molecule has 0 aromatic rings. The summed E-state index contributed by atoms with van der Waals surface area (Å²) in [6.07, 6.45) is 0. The van der Waals surface area contributed by atoms with E-state index in [1.54, 1.807) is 0 Å². The Hall–Kier alpha value is -0.130. The van der Waals surface area contributed by atoms with Crippen LogP contribution in [0.5, 0.6) is 0 Å². The third-order valence-electron chi connectivity index (χ3n) is 2.75. The maximum atomic E-state index is 11.2. The summed E-state index contributed by atoms with van der Waals surface area (Å²) < 4.78 is 22.4. The van der Waals surface area contributed by atoms with Crippen LogP contribution in [0.2, 0.25) is 0 Å². The average molecular weight is 234 g/mol. The zero-order chi connectivity index (χ0) is 11.3. The van der Waals surface area contributed by atoms with Crippen molar-refractivity contribution < 1.29 is 8.42 Å². The molecule has 1 rings (SSSR count). The number of rotatable bonds is 5. The van der Waals surface area contributed by atoms with Crippen molar-refractivity contribution in [1.29, 1.82) is 0 Å². The summed E-state index contributed by atoms with van der Waals surface area (Å²) in [5.41, 5.74) is 0. The Labute approximate surface area is 93.0 Å². The molecule has 5 heteroatoms. The smallest absolute Gasteiger partial charge is 0.152 e. The van der Waals surface area contributed by atoms with Crippen molar-refractivity contribution in [2.75, 3.05) is 44.2 Å². The lowest BCUT2D eigenvalue weighted by Crippen LogP contribution is -2.43. The Balaban J connectivity index is 2.23. The summed E-state index contributed by atoms with van der Waals surface area (Å²) in [5.74, 6) is 1.26. The van der Waals surface area contributed by atoms with Crippen LogP contribution in [0.25, 0.3) is 0 Å². The zero-order valence-corrected chi connectivity index (χ0v) is 10.5. The van der Waals surface area contributed by atoms with Gasteiger partial charge in [0.1, 0.15) is 0 Å². The lowest BCUT2D eigenvalue weighted by Gasteiger charge is -2.29. The highest BCUT2D eigenvalue weighted by Gasteiger charge is 2.22. The highest BCUT2D eigenvalue weighted by Crippen LogP contribution is 2.06. The van der Waals surface area contributed by atoms with Crippen molar-refractivity contribution in [2.45, 2.75) is 13.8 Å². The molecule has 0 aromatic heterocycles. The molecule has 90 valence electrons. The normalized spacial score (nSPS) is 23.9. The molecule has 1 aliphatic rings. The monoisotopic (exact) mass is 234 g/mol. The van der Waals surface area contributed by atoms with Crippen molar-refractivity contribution >= 4 is 9.84 Å². The second kappa shape index (κ2) is 5.82. The quantitative estimate of drug-likeness (QED) is 0.725. The van der Waals surface area contributed by atoms with Gasteiger partial charge in [-0.2, -0.15) is 0 Å². The van der Waals surface area contributed by atoms with E-state index in [0.717, 1.165) is 19.6 Å². The van der Waals surface area contributed by atoms with Gasteiger partial charge in [-0.15, -0.1) is 0 Å². The minimum Gasteiger partial charge on any atom is -0.317 e. The number of sulfone groups is 1. The summed E-state index contributed by atoms with van der Waals surface area (Å²) in [4.78, 5) is 2.25. The van der Waals surface area contributed by atoms with E-state index in [1.165, 1.54) is 0 Å². The minimum atomic E-state index is -2.73. The first-order chi connectivity index (χ1) is 7.03. The number of hydrogen-bond donors (Lipinski definition) is 1. The molecule has 0 aromatic carbocycles. The third-order valence-corrected chi connectivity index (χ3v) is 4.36. The molecule has 1 fully saturated rings. The summed E-state index contributed by atoms with van der Waals surface area (Å²) in [5, 5.41) is 3.31. The molecule has 1 unspecified atom stereocenters. The molecule has 15 heavy (non-hydrogen) atoms. The van der Waals surface area contributed by atoms with Gasteiger partial charge in [0.25, 0.3) is 0 Å². The summed E-state index contributed by atoms with van der Waals surface area (Å²) in [6, 6.07) is 0. The molecule has 1 aliphatic heterocycles. The molecule has 0 spiro atoms. The van der Waals surface area contributed by atoms with E-state index < -0.39 is 9.84 Å². The largest absolute Gasteiger partial charge is 0.317 e. The predicted molar refractivity (Wildman–Crippen MR) is 62.8 cm³/mol. The van der Waals surface area contributed by atoms with Gasteiger partial charge in [-0.25, -0.2) is 8.42 Å². The van der Waals surface area contributed by atoms with Gasteiger partial charge in [-0.3, -0.25) is 0 Å². The van der Waals surface area contributed by atoms with Crippen LogP contribution in [-0.2, 0) is 9.84 Å². The first kappa shape index (κ1) is 12.9. The van der Waals surface area contributed by atoms with Crippen LogP contribution in [0.3, 0.4) is 0 Å². The van der Waals surface area contributed by atoms with Gasteiger partial charge < -0.3 is 10.2 Å². The van der Waals surface area contributed by atoms with Crippen LogP contribution in [0, 0.1) is 5.92 Å². The van der Waals surface area contributed by atoms with Crippen LogP contribution < -0.4 is 5.32 Å². The lowest BCUT2D eigenvalue weighted by molar-refractivity contribution is 0.252. The molecular weight excluding hydrogens is 212 g/mol. The maximum absolute atomic E-state index is 11.2. The Kier molecular flexibility index (Phi) is 5.02. The van der Waals surface area contributed by atoms with E-state index in [4.69, 9.17) is 0 Å². The second-order valence-electron chi connectivity index (χ2n) is 4.37. The van der Waals surface area contributed by atoms with Gasteiger partial charge in [0.2, 0.25) is 0 Å². The first-order valence-corrected chi connectivity index (χ1v) is 7.49. The Morgan fingerprint density at radius 1 is 1.33 bits per heavy atom. The second-order valence-corrected chi connectivity index (χ2v) is 6.67. The standard InChI is InChI=1S/C10H22N2O2S/c1-3-11-8-10(2)9-12-4-6-15(13,14)7-5-12/h10-11H,3-9H2,1-2H3. The number of nitrogens with one attached hydrogen (secondary N) is 1.